The summed E-state index contributed by atoms with van der Waals surface area (Å²) in [7, 11) is 0. The molecule has 5 nitrogen and oxygen atoms in total. The van der Waals surface area contributed by atoms with Crippen LogP contribution in [0.2, 0.25) is 5.02 Å². The van der Waals surface area contributed by atoms with Crippen LogP contribution in [0.5, 0.6) is 0 Å². The third-order valence-electron chi connectivity index (χ3n) is 6.13. The van der Waals surface area contributed by atoms with Crippen molar-refractivity contribution >= 4 is 50.8 Å². The first kappa shape index (κ1) is 21.3. The van der Waals surface area contributed by atoms with E-state index in [2.05, 4.69) is 4.90 Å². The van der Waals surface area contributed by atoms with E-state index in [0.717, 1.165) is 68.7 Å². The molecule has 164 valence electrons. The third kappa shape index (κ3) is 4.38. The van der Waals surface area contributed by atoms with Crippen LogP contribution in [0.25, 0.3) is 10.2 Å². The Labute approximate surface area is 195 Å². The number of rotatable bonds is 6. The van der Waals surface area contributed by atoms with Gasteiger partial charge in [0.15, 0.2) is 0 Å². The Balaban J connectivity index is 1.44. The van der Waals surface area contributed by atoms with Crippen LogP contribution in [0.4, 0.5) is 0 Å². The first-order chi connectivity index (χ1) is 15.1. The van der Waals surface area contributed by atoms with Crippen LogP contribution in [0, 0.1) is 6.92 Å². The van der Waals surface area contributed by atoms with E-state index in [1.54, 1.807) is 11.3 Å². The highest BCUT2D eigenvalue weighted by molar-refractivity contribution is 7.99. The highest BCUT2D eigenvalue weighted by Gasteiger charge is 2.32. The normalized spacial score (nSPS) is 21.2. The van der Waals surface area contributed by atoms with Crippen molar-refractivity contribution in [2.75, 3.05) is 24.7 Å². The predicted octanol–water partition coefficient (Wildman–Crippen LogP) is 5.23. The fourth-order valence-electron chi connectivity index (χ4n) is 4.43. The maximum atomic E-state index is 13.6. The number of aromatic nitrogens is 2. The second-order valence-corrected chi connectivity index (χ2v) is 10.9. The first-order valence-corrected chi connectivity index (χ1v) is 13.2. The highest BCUT2D eigenvalue weighted by Crippen LogP contribution is 2.32. The average molecular weight is 476 g/mol. The third-order valence-corrected chi connectivity index (χ3v) is 8.78. The number of benzene rings is 1. The van der Waals surface area contributed by atoms with Crippen LogP contribution in [0.15, 0.2) is 30.3 Å². The van der Waals surface area contributed by atoms with E-state index in [0.29, 0.717) is 19.1 Å². The lowest BCUT2D eigenvalue weighted by Crippen LogP contribution is -2.44. The molecule has 2 unspecified atom stereocenters. The Kier molecular flexibility index (Phi) is 6.28. The number of carbonyl (C=O) groups excluding carboxylic acids is 1. The van der Waals surface area contributed by atoms with Gasteiger partial charge in [-0.2, -0.15) is 16.9 Å². The van der Waals surface area contributed by atoms with Crippen molar-refractivity contribution in [3.8, 4) is 0 Å². The van der Waals surface area contributed by atoms with E-state index in [-0.39, 0.29) is 12.0 Å². The summed E-state index contributed by atoms with van der Waals surface area (Å²) >= 11 is 9.85. The Bertz CT molecular complexity index is 1080. The Hall–Kier alpha value is -1.54. The highest BCUT2D eigenvalue weighted by atomic mass is 35.5. The van der Waals surface area contributed by atoms with Gasteiger partial charge in [-0.1, -0.05) is 29.8 Å². The molecule has 2 fully saturated rings. The molecular formula is C23H26ClN3O2S2. The van der Waals surface area contributed by atoms with Crippen LogP contribution in [0.1, 0.15) is 40.2 Å². The summed E-state index contributed by atoms with van der Waals surface area (Å²) in [5, 5.41) is 6.50. The Morgan fingerprint density at radius 1 is 1.35 bits per heavy atom. The Morgan fingerprint density at radius 2 is 2.23 bits per heavy atom. The minimum absolute atomic E-state index is 0.132. The van der Waals surface area contributed by atoms with E-state index in [4.69, 9.17) is 21.4 Å². The van der Waals surface area contributed by atoms with Gasteiger partial charge in [0.05, 0.1) is 23.2 Å². The van der Waals surface area contributed by atoms with Crippen LogP contribution in [-0.4, -0.2) is 57.4 Å². The number of fused-ring (bicyclic) bond motifs is 1. The van der Waals surface area contributed by atoms with Crippen LogP contribution >= 0.6 is 34.7 Å². The summed E-state index contributed by atoms with van der Waals surface area (Å²) in [4.78, 5) is 17.5. The molecule has 5 rings (SSSR count). The Morgan fingerprint density at radius 3 is 2.97 bits per heavy atom. The van der Waals surface area contributed by atoms with E-state index in [1.165, 1.54) is 0 Å². The second kappa shape index (κ2) is 9.14. The van der Waals surface area contributed by atoms with Gasteiger partial charge in [0.2, 0.25) is 0 Å². The number of nitrogens with zero attached hydrogens (tertiary/aromatic N) is 3. The number of ether oxygens (including phenoxy) is 1. The standard InChI is InChI=1S/C23H26ClN3O2S2/c1-15-19-11-21(31-23(19)27(25-15)12-16-5-2-3-7-20(16)24)22(28)26(17-8-10-30-14-17)13-18-6-4-9-29-18/h2-3,5,7,11,17-18H,4,6,8-10,12-14H2,1H3. The number of hydrogen-bond donors (Lipinski definition) is 0. The molecule has 1 amide bonds. The SMILES string of the molecule is Cc1nn(Cc2ccccc2Cl)c2sc(C(=O)N(CC3CCCO3)C3CCSC3)cc12. The molecule has 0 N–H and O–H groups in total. The lowest BCUT2D eigenvalue weighted by molar-refractivity contribution is 0.0445. The van der Waals surface area contributed by atoms with E-state index in [9.17, 15) is 4.79 Å². The van der Waals surface area contributed by atoms with Crippen molar-refractivity contribution in [1.29, 1.82) is 0 Å². The number of hydrogen-bond acceptors (Lipinski definition) is 5. The van der Waals surface area contributed by atoms with Crippen molar-refractivity contribution in [2.45, 2.75) is 44.9 Å². The van der Waals surface area contributed by atoms with E-state index in [1.807, 2.05) is 53.7 Å². The summed E-state index contributed by atoms with van der Waals surface area (Å²) in [6.45, 7) is 4.11. The summed E-state index contributed by atoms with van der Waals surface area (Å²) in [5.41, 5.74) is 1.97. The van der Waals surface area contributed by atoms with Gasteiger partial charge in [0, 0.05) is 35.4 Å². The molecule has 3 aromatic rings. The molecule has 0 saturated carbocycles. The zero-order valence-electron chi connectivity index (χ0n) is 17.6. The van der Waals surface area contributed by atoms with Crippen LogP contribution in [0.3, 0.4) is 0 Å². The molecule has 0 bridgehead atoms. The number of amides is 1. The van der Waals surface area contributed by atoms with Gasteiger partial charge in [-0.3, -0.25) is 9.48 Å². The van der Waals surface area contributed by atoms with Crippen molar-refractivity contribution in [3.05, 3.63) is 51.5 Å². The molecule has 2 saturated heterocycles. The van der Waals surface area contributed by atoms with Gasteiger partial charge in [0.1, 0.15) is 4.83 Å². The van der Waals surface area contributed by atoms with E-state index < -0.39 is 0 Å². The lowest BCUT2D eigenvalue weighted by atomic mass is 10.1. The number of carbonyl (C=O) groups is 1. The summed E-state index contributed by atoms with van der Waals surface area (Å²) in [6.07, 6.45) is 3.36. The fourth-order valence-corrected chi connectivity index (χ4v) is 6.96. The molecule has 2 atom stereocenters. The number of thioether (sulfide) groups is 1. The molecule has 2 aliphatic heterocycles. The van der Waals surface area contributed by atoms with Crippen molar-refractivity contribution in [3.63, 3.8) is 0 Å². The number of halogens is 1. The second-order valence-electron chi connectivity index (χ2n) is 8.27. The van der Waals surface area contributed by atoms with Gasteiger partial charge >= 0.3 is 0 Å². The quantitative estimate of drug-likeness (QED) is 0.489. The number of thiophene rings is 1. The molecule has 2 aliphatic rings. The number of aryl methyl sites for hydroxylation is 1. The smallest absolute Gasteiger partial charge is 0.264 e. The van der Waals surface area contributed by atoms with Crippen molar-refractivity contribution < 1.29 is 9.53 Å². The van der Waals surface area contributed by atoms with Crippen molar-refractivity contribution in [2.24, 2.45) is 0 Å². The molecule has 4 heterocycles. The van der Waals surface area contributed by atoms with Crippen molar-refractivity contribution in [1.82, 2.24) is 14.7 Å². The topological polar surface area (TPSA) is 47.4 Å². The fraction of sp³-hybridized carbons (Fsp3) is 0.478. The summed E-state index contributed by atoms with van der Waals surface area (Å²) < 4.78 is 7.84. The minimum Gasteiger partial charge on any atom is -0.376 e. The van der Waals surface area contributed by atoms with Gasteiger partial charge < -0.3 is 9.64 Å². The predicted molar refractivity (Wildman–Crippen MR) is 129 cm³/mol. The maximum absolute atomic E-state index is 13.6. The van der Waals surface area contributed by atoms with Crippen LogP contribution < -0.4 is 0 Å². The van der Waals surface area contributed by atoms with Gasteiger partial charge in [-0.25, -0.2) is 0 Å². The largest absolute Gasteiger partial charge is 0.376 e. The summed E-state index contributed by atoms with van der Waals surface area (Å²) in [5.74, 6) is 2.27. The van der Waals surface area contributed by atoms with E-state index >= 15 is 0 Å². The first-order valence-electron chi connectivity index (χ1n) is 10.8. The maximum Gasteiger partial charge on any atom is 0.264 e. The molecule has 2 aromatic heterocycles. The van der Waals surface area contributed by atoms with Gasteiger partial charge in [0.25, 0.3) is 5.91 Å². The van der Waals surface area contributed by atoms with Gasteiger partial charge in [-0.05, 0) is 49.6 Å². The molecule has 0 spiro atoms. The molecular weight excluding hydrogens is 450 g/mol. The molecule has 8 heteroatoms. The molecule has 0 aliphatic carbocycles. The summed E-state index contributed by atoms with van der Waals surface area (Å²) in [6, 6.07) is 10.2. The molecule has 1 aromatic carbocycles. The monoisotopic (exact) mass is 475 g/mol. The lowest BCUT2D eigenvalue weighted by Gasteiger charge is -2.30. The van der Waals surface area contributed by atoms with Gasteiger partial charge in [-0.15, -0.1) is 11.3 Å². The minimum atomic E-state index is 0.132. The zero-order chi connectivity index (χ0) is 21.4. The molecule has 31 heavy (non-hydrogen) atoms. The zero-order valence-corrected chi connectivity index (χ0v) is 19.9. The van der Waals surface area contributed by atoms with Crippen LogP contribution in [-0.2, 0) is 11.3 Å². The average Bonchev–Trinajstić information content (AvgIpc) is 3.55. The molecule has 0 radical (unpaired) electrons.